The Morgan fingerprint density at radius 1 is 1.30 bits per heavy atom. The van der Waals surface area contributed by atoms with Crippen molar-refractivity contribution >= 4 is 28.7 Å². The molecule has 20 heavy (non-hydrogen) atoms. The number of hydrogen-bond acceptors (Lipinski definition) is 4. The van der Waals surface area contributed by atoms with Crippen LogP contribution in [0.15, 0.2) is 36.4 Å². The van der Waals surface area contributed by atoms with Crippen LogP contribution in [-0.2, 0) is 0 Å². The summed E-state index contributed by atoms with van der Waals surface area (Å²) in [7, 11) is 0. The summed E-state index contributed by atoms with van der Waals surface area (Å²) in [5.41, 5.74) is 1.96. The minimum Gasteiger partial charge on any atom is -0.354 e. The number of hydrogen-bond donors (Lipinski definition) is 1. The quantitative estimate of drug-likeness (QED) is 0.678. The zero-order valence-electron chi connectivity index (χ0n) is 10.6. The lowest BCUT2D eigenvalue weighted by Crippen LogP contribution is -1.96. The van der Waals surface area contributed by atoms with Crippen LogP contribution in [0.5, 0.6) is 0 Å². The van der Waals surface area contributed by atoms with E-state index in [4.69, 9.17) is 16.9 Å². The predicted octanol–water partition coefficient (Wildman–Crippen LogP) is 4.17. The van der Waals surface area contributed by atoms with Gasteiger partial charge >= 0.3 is 0 Å². The maximum Gasteiger partial charge on any atom is 0.289 e. The Morgan fingerprint density at radius 3 is 2.70 bits per heavy atom. The van der Waals surface area contributed by atoms with E-state index in [1.165, 1.54) is 12.1 Å². The molecule has 0 saturated heterocycles. The molecule has 0 spiro atoms. The van der Waals surface area contributed by atoms with E-state index in [-0.39, 0.29) is 11.3 Å². The SMILES string of the molecule is Cc1ccc(Cl)c(Nc2ccc(C#N)c([N+](=O)[O-])c2)c1. The molecule has 0 aliphatic heterocycles. The minimum atomic E-state index is -0.582. The second-order valence-corrected chi connectivity index (χ2v) is 4.62. The Balaban J connectivity index is 2.40. The minimum absolute atomic E-state index is 0.0240. The van der Waals surface area contributed by atoms with E-state index in [2.05, 4.69) is 5.32 Å². The van der Waals surface area contributed by atoms with Gasteiger partial charge in [0.05, 0.1) is 15.6 Å². The Hall–Kier alpha value is -2.58. The van der Waals surface area contributed by atoms with Crippen LogP contribution in [0.2, 0.25) is 5.02 Å². The number of nitriles is 1. The van der Waals surface area contributed by atoms with Crippen molar-refractivity contribution in [1.29, 1.82) is 5.26 Å². The molecular weight excluding hydrogens is 278 g/mol. The fraction of sp³-hybridized carbons (Fsp3) is 0.0714. The zero-order chi connectivity index (χ0) is 14.7. The van der Waals surface area contributed by atoms with Gasteiger partial charge in [-0.25, -0.2) is 0 Å². The molecule has 0 aliphatic rings. The van der Waals surface area contributed by atoms with Crippen molar-refractivity contribution in [2.75, 3.05) is 5.32 Å². The highest BCUT2D eigenvalue weighted by atomic mass is 35.5. The van der Waals surface area contributed by atoms with Crippen LogP contribution in [0.4, 0.5) is 17.1 Å². The lowest BCUT2D eigenvalue weighted by molar-refractivity contribution is -0.385. The van der Waals surface area contributed by atoms with Gasteiger partial charge in [-0.15, -0.1) is 0 Å². The van der Waals surface area contributed by atoms with Crippen LogP contribution in [0, 0.1) is 28.4 Å². The average Bonchev–Trinajstić information content (AvgIpc) is 2.42. The molecule has 100 valence electrons. The van der Waals surface area contributed by atoms with Crippen molar-refractivity contribution in [3.63, 3.8) is 0 Å². The van der Waals surface area contributed by atoms with Crippen LogP contribution in [0.3, 0.4) is 0 Å². The predicted molar refractivity (Wildman–Crippen MR) is 77.3 cm³/mol. The van der Waals surface area contributed by atoms with Crippen LogP contribution in [-0.4, -0.2) is 4.92 Å². The summed E-state index contributed by atoms with van der Waals surface area (Å²) in [6.45, 7) is 1.92. The van der Waals surface area contributed by atoms with Gasteiger partial charge in [0.1, 0.15) is 11.6 Å². The van der Waals surface area contributed by atoms with Crippen LogP contribution >= 0.6 is 11.6 Å². The van der Waals surface area contributed by atoms with Crippen LogP contribution in [0.1, 0.15) is 11.1 Å². The average molecular weight is 288 g/mol. The summed E-state index contributed by atoms with van der Waals surface area (Å²) in [6, 6.07) is 11.6. The number of aryl methyl sites for hydroxylation is 1. The number of nitrogens with one attached hydrogen (secondary N) is 1. The van der Waals surface area contributed by atoms with E-state index < -0.39 is 4.92 Å². The van der Waals surface area contributed by atoms with Crippen molar-refractivity contribution in [1.82, 2.24) is 0 Å². The third-order valence-corrected chi connectivity index (χ3v) is 3.05. The first-order valence-corrected chi connectivity index (χ1v) is 6.11. The van der Waals surface area contributed by atoms with Gasteiger partial charge < -0.3 is 5.32 Å². The highest BCUT2D eigenvalue weighted by Crippen LogP contribution is 2.29. The number of nitro groups is 1. The highest BCUT2D eigenvalue weighted by Gasteiger charge is 2.14. The molecule has 0 aliphatic carbocycles. The molecule has 2 aromatic carbocycles. The van der Waals surface area contributed by atoms with E-state index in [9.17, 15) is 10.1 Å². The summed E-state index contributed by atoms with van der Waals surface area (Å²) in [6.07, 6.45) is 0. The molecule has 0 fully saturated rings. The van der Waals surface area contributed by atoms with E-state index >= 15 is 0 Å². The third kappa shape index (κ3) is 2.87. The normalized spacial score (nSPS) is 9.85. The monoisotopic (exact) mass is 287 g/mol. The number of halogens is 1. The van der Waals surface area contributed by atoms with Crippen molar-refractivity contribution in [3.05, 3.63) is 62.7 Å². The first-order valence-electron chi connectivity index (χ1n) is 5.73. The molecule has 5 nitrogen and oxygen atoms in total. The van der Waals surface area contributed by atoms with Gasteiger partial charge in [-0.3, -0.25) is 10.1 Å². The summed E-state index contributed by atoms with van der Waals surface area (Å²) in [5, 5.41) is 23.3. The third-order valence-electron chi connectivity index (χ3n) is 2.72. The Morgan fingerprint density at radius 2 is 2.05 bits per heavy atom. The molecule has 0 radical (unpaired) electrons. The number of benzene rings is 2. The molecule has 0 heterocycles. The second kappa shape index (κ2) is 5.59. The lowest BCUT2D eigenvalue weighted by atomic mass is 10.1. The Bertz CT molecular complexity index is 723. The summed E-state index contributed by atoms with van der Waals surface area (Å²) >= 11 is 6.06. The fourth-order valence-electron chi connectivity index (χ4n) is 1.75. The van der Waals surface area contributed by atoms with E-state index in [0.29, 0.717) is 16.4 Å². The molecule has 0 saturated carbocycles. The van der Waals surface area contributed by atoms with E-state index in [1.807, 2.05) is 19.1 Å². The molecule has 2 rings (SSSR count). The largest absolute Gasteiger partial charge is 0.354 e. The van der Waals surface area contributed by atoms with Crippen molar-refractivity contribution in [3.8, 4) is 6.07 Å². The second-order valence-electron chi connectivity index (χ2n) is 4.21. The zero-order valence-corrected chi connectivity index (χ0v) is 11.3. The molecule has 6 heteroatoms. The molecule has 0 amide bonds. The summed E-state index contributed by atoms with van der Waals surface area (Å²) < 4.78 is 0. The fourth-order valence-corrected chi connectivity index (χ4v) is 1.91. The van der Waals surface area contributed by atoms with Crippen molar-refractivity contribution < 1.29 is 4.92 Å². The van der Waals surface area contributed by atoms with Crippen molar-refractivity contribution in [2.45, 2.75) is 6.92 Å². The molecule has 0 atom stereocenters. The molecule has 0 bridgehead atoms. The topological polar surface area (TPSA) is 79.0 Å². The standard InChI is InChI=1S/C14H10ClN3O2/c1-9-2-5-12(15)13(6-9)17-11-4-3-10(8-16)14(7-11)18(19)20/h2-7,17H,1H3. The number of rotatable bonds is 3. The Kier molecular flexibility index (Phi) is 3.87. The van der Waals surface area contributed by atoms with Crippen LogP contribution < -0.4 is 5.32 Å². The maximum absolute atomic E-state index is 10.9. The maximum atomic E-state index is 10.9. The lowest BCUT2D eigenvalue weighted by Gasteiger charge is -2.09. The van der Waals surface area contributed by atoms with Gasteiger partial charge in [-0.1, -0.05) is 17.7 Å². The van der Waals surface area contributed by atoms with Crippen LogP contribution in [0.25, 0.3) is 0 Å². The van der Waals surface area contributed by atoms with Gasteiger partial charge in [0.2, 0.25) is 0 Å². The molecule has 2 aromatic rings. The smallest absolute Gasteiger partial charge is 0.289 e. The summed E-state index contributed by atoms with van der Waals surface area (Å²) in [4.78, 5) is 10.3. The van der Waals surface area contributed by atoms with Gasteiger partial charge in [0.15, 0.2) is 0 Å². The number of nitro benzene ring substituents is 1. The van der Waals surface area contributed by atoms with Gasteiger partial charge in [0.25, 0.3) is 5.69 Å². The van der Waals surface area contributed by atoms with Crippen molar-refractivity contribution in [2.24, 2.45) is 0 Å². The molecule has 1 N–H and O–H groups in total. The van der Waals surface area contributed by atoms with Gasteiger partial charge in [-0.05, 0) is 36.8 Å². The Labute approximate surface area is 120 Å². The first-order chi connectivity index (χ1) is 9.51. The summed E-state index contributed by atoms with van der Waals surface area (Å²) in [5.74, 6) is 0. The molecular formula is C14H10ClN3O2. The van der Waals surface area contributed by atoms with Gasteiger partial charge in [0, 0.05) is 11.8 Å². The number of anilines is 2. The first kappa shape index (κ1) is 13.8. The van der Waals surface area contributed by atoms with E-state index in [1.54, 1.807) is 18.2 Å². The highest BCUT2D eigenvalue weighted by molar-refractivity contribution is 6.33. The molecule has 0 aromatic heterocycles. The van der Waals surface area contributed by atoms with E-state index in [0.717, 1.165) is 5.56 Å². The number of nitrogens with zero attached hydrogens (tertiary/aromatic N) is 2. The van der Waals surface area contributed by atoms with Gasteiger partial charge in [-0.2, -0.15) is 5.26 Å². The molecule has 0 unspecified atom stereocenters.